The van der Waals surface area contributed by atoms with Crippen molar-refractivity contribution >= 4 is 5.78 Å². The molecule has 11 heavy (non-hydrogen) atoms. The second-order valence-corrected chi connectivity index (χ2v) is 3.19. The van der Waals surface area contributed by atoms with Gasteiger partial charge < -0.3 is 5.32 Å². The van der Waals surface area contributed by atoms with Gasteiger partial charge >= 0.3 is 0 Å². The van der Waals surface area contributed by atoms with Crippen molar-refractivity contribution < 1.29 is 4.79 Å². The average Bonchev–Trinajstić information content (AvgIpc) is 1.86. The number of carbonyl (C=O) groups excluding carboxylic acids is 1. The van der Waals surface area contributed by atoms with Crippen molar-refractivity contribution in [2.45, 2.75) is 27.7 Å². The third kappa shape index (κ3) is 5.64. The molecule has 0 fully saturated rings. The van der Waals surface area contributed by atoms with Gasteiger partial charge in [-0.15, -0.1) is 0 Å². The van der Waals surface area contributed by atoms with Crippen LogP contribution in [0.15, 0.2) is 11.8 Å². The summed E-state index contributed by atoms with van der Waals surface area (Å²) in [5.41, 5.74) is 0.783. The van der Waals surface area contributed by atoms with Crippen LogP contribution in [0.4, 0.5) is 0 Å². The predicted octanol–water partition coefficient (Wildman–Crippen LogP) is 1.72. The van der Waals surface area contributed by atoms with E-state index in [-0.39, 0.29) is 5.78 Å². The molecule has 0 rings (SSSR count). The van der Waals surface area contributed by atoms with Gasteiger partial charge in [0.2, 0.25) is 0 Å². The number of hydrogen-bond acceptors (Lipinski definition) is 2. The molecule has 2 heteroatoms. The third-order valence-corrected chi connectivity index (χ3v) is 1.40. The summed E-state index contributed by atoms with van der Waals surface area (Å²) in [5.74, 6) is 0.743. The smallest absolute Gasteiger partial charge is 0.156 e. The van der Waals surface area contributed by atoms with Crippen LogP contribution in [0, 0.1) is 5.92 Å². The van der Waals surface area contributed by atoms with Gasteiger partial charge in [-0.05, 0) is 19.8 Å². The van der Waals surface area contributed by atoms with Crippen LogP contribution in [0.2, 0.25) is 0 Å². The van der Waals surface area contributed by atoms with Crippen molar-refractivity contribution in [1.29, 1.82) is 0 Å². The molecule has 0 aliphatic carbocycles. The lowest BCUT2D eigenvalue weighted by Gasteiger charge is -2.04. The molecule has 0 aliphatic heterocycles. The Morgan fingerprint density at radius 1 is 1.45 bits per heavy atom. The van der Waals surface area contributed by atoms with Crippen LogP contribution in [0.1, 0.15) is 27.7 Å². The van der Waals surface area contributed by atoms with E-state index < -0.39 is 0 Å². The monoisotopic (exact) mass is 155 g/mol. The standard InChI is InChI=1S/C9H17NO/c1-7(2)5-10-6-8(3)9(4)11/h6-7,10H,5H2,1-4H3/b8-6-. The fraction of sp³-hybridized carbons (Fsp3) is 0.667. The summed E-state index contributed by atoms with van der Waals surface area (Å²) in [6, 6.07) is 0. The minimum absolute atomic E-state index is 0.126. The second kappa shape index (κ2) is 4.94. The van der Waals surface area contributed by atoms with Crippen LogP contribution >= 0.6 is 0 Å². The normalized spacial score (nSPS) is 11.9. The molecule has 0 aromatic carbocycles. The minimum atomic E-state index is 0.126. The Hall–Kier alpha value is -0.790. The highest BCUT2D eigenvalue weighted by molar-refractivity contribution is 5.92. The fourth-order valence-electron chi connectivity index (χ4n) is 0.549. The van der Waals surface area contributed by atoms with Gasteiger partial charge in [0.05, 0.1) is 0 Å². The molecule has 2 nitrogen and oxygen atoms in total. The highest BCUT2D eigenvalue weighted by atomic mass is 16.1. The van der Waals surface area contributed by atoms with Crippen molar-refractivity contribution in [2.75, 3.05) is 6.54 Å². The molecule has 0 radical (unpaired) electrons. The number of nitrogens with one attached hydrogen (secondary N) is 1. The molecule has 0 bridgehead atoms. The van der Waals surface area contributed by atoms with E-state index in [9.17, 15) is 4.79 Å². The highest BCUT2D eigenvalue weighted by Crippen LogP contribution is 1.92. The average molecular weight is 155 g/mol. The molecule has 0 amide bonds. The maximum absolute atomic E-state index is 10.7. The molecule has 0 heterocycles. The Labute approximate surface area is 68.7 Å². The van der Waals surface area contributed by atoms with Crippen molar-refractivity contribution in [3.05, 3.63) is 11.8 Å². The maximum Gasteiger partial charge on any atom is 0.156 e. The summed E-state index contributed by atoms with van der Waals surface area (Å²) in [7, 11) is 0. The lowest BCUT2D eigenvalue weighted by molar-refractivity contribution is -0.113. The zero-order valence-electron chi connectivity index (χ0n) is 7.77. The zero-order valence-corrected chi connectivity index (χ0v) is 7.77. The number of carbonyl (C=O) groups is 1. The van der Waals surface area contributed by atoms with E-state index in [0.717, 1.165) is 12.1 Å². The summed E-state index contributed by atoms with van der Waals surface area (Å²) < 4.78 is 0. The van der Waals surface area contributed by atoms with Gasteiger partial charge in [-0.3, -0.25) is 4.79 Å². The van der Waals surface area contributed by atoms with E-state index in [1.54, 1.807) is 13.1 Å². The van der Waals surface area contributed by atoms with Gasteiger partial charge in [-0.25, -0.2) is 0 Å². The van der Waals surface area contributed by atoms with Gasteiger partial charge in [0.25, 0.3) is 0 Å². The molecule has 0 aliphatic rings. The van der Waals surface area contributed by atoms with Crippen molar-refractivity contribution in [3.8, 4) is 0 Å². The summed E-state index contributed by atoms with van der Waals surface area (Å²) in [6.45, 7) is 8.57. The Kier molecular flexibility index (Phi) is 4.59. The SMILES string of the molecule is CC(=O)/C(C)=C\NCC(C)C. The van der Waals surface area contributed by atoms with Gasteiger partial charge in [-0.2, -0.15) is 0 Å². The summed E-state index contributed by atoms with van der Waals surface area (Å²) in [5, 5.41) is 3.08. The summed E-state index contributed by atoms with van der Waals surface area (Å²) in [6.07, 6.45) is 1.78. The van der Waals surface area contributed by atoms with Crippen molar-refractivity contribution in [2.24, 2.45) is 5.92 Å². The van der Waals surface area contributed by atoms with Crippen molar-refractivity contribution in [1.82, 2.24) is 5.32 Å². The number of hydrogen-bond donors (Lipinski definition) is 1. The molecule has 0 unspecified atom stereocenters. The number of allylic oxidation sites excluding steroid dienone is 1. The summed E-state index contributed by atoms with van der Waals surface area (Å²) in [4.78, 5) is 10.7. The Bertz CT molecular complexity index is 159. The molecular weight excluding hydrogens is 138 g/mol. The molecule has 64 valence electrons. The van der Waals surface area contributed by atoms with Crippen LogP contribution < -0.4 is 5.32 Å². The Morgan fingerprint density at radius 2 is 2.00 bits per heavy atom. The van der Waals surface area contributed by atoms with Gasteiger partial charge in [0.1, 0.15) is 0 Å². The van der Waals surface area contributed by atoms with Gasteiger partial charge in [-0.1, -0.05) is 13.8 Å². The fourth-order valence-corrected chi connectivity index (χ4v) is 0.549. The van der Waals surface area contributed by atoms with Crippen molar-refractivity contribution in [3.63, 3.8) is 0 Å². The predicted molar refractivity (Wildman–Crippen MR) is 47.3 cm³/mol. The molecule has 0 saturated carbocycles. The van der Waals surface area contributed by atoms with Crippen LogP contribution in [0.25, 0.3) is 0 Å². The van der Waals surface area contributed by atoms with Crippen LogP contribution in [0.5, 0.6) is 0 Å². The lowest BCUT2D eigenvalue weighted by atomic mass is 10.2. The molecule has 0 atom stereocenters. The number of ketones is 1. The Balaban J connectivity index is 3.65. The Morgan fingerprint density at radius 3 is 2.36 bits per heavy atom. The second-order valence-electron chi connectivity index (χ2n) is 3.19. The molecule has 1 N–H and O–H groups in total. The molecule has 0 spiro atoms. The van der Waals surface area contributed by atoms with E-state index in [1.165, 1.54) is 0 Å². The molecule has 0 aromatic rings. The first kappa shape index (κ1) is 10.2. The van der Waals surface area contributed by atoms with E-state index in [0.29, 0.717) is 5.92 Å². The topological polar surface area (TPSA) is 29.1 Å². The number of rotatable bonds is 4. The third-order valence-electron chi connectivity index (χ3n) is 1.40. The van der Waals surface area contributed by atoms with E-state index in [2.05, 4.69) is 19.2 Å². The molecular formula is C9H17NO. The molecule has 0 saturated heterocycles. The maximum atomic E-state index is 10.7. The van der Waals surface area contributed by atoms with E-state index in [4.69, 9.17) is 0 Å². The summed E-state index contributed by atoms with van der Waals surface area (Å²) >= 11 is 0. The number of Topliss-reactive ketones (excluding diaryl/α,β-unsaturated/α-hetero) is 1. The van der Waals surface area contributed by atoms with E-state index in [1.807, 2.05) is 6.92 Å². The highest BCUT2D eigenvalue weighted by Gasteiger charge is 1.94. The van der Waals surface area contributed by atoms with Crippen LogP contribution in [-0.4, -0.2) is 12.3 Å². The van der Waals surface area contributed by atoms with Crippen LogP contribution in [-0.2, 0) is 4.79 Å². The minimum Gasteiger partial charge on any atom is -0.390 e. The van der Waals surface area contributed by atoms with E-state index >= 15 is 0 Å². The van der Waals surface area contributed by atoms with Gasteiger partial charge in [0.15, 0.2) is 5.78 Å². The first-order valence-corrected chi connectivity index (χ1v) is 3.95. The lowest BCUT2D eigenvalue weighted by Crippen LogP contribution is -2.14. The van der Waals surface area contributed by atoms with Gasteiger partial charge in [0, 0.05) is 18.3 Å². The first-order valence-electron chi connectivity index (χ1n) is 3.95. The quantitative estimate of drug-likeness (QED) is 0.626. The largest absolute Gasteiger partial charge is 0.390 e. The van der Waals surface area contributed by atoms with Crippen LogP contribution in [0.3, 0.4) is 0 Å². The zero-order chi connectivity index (χ0) is 8.85. The molecule has 0 aromatic heterocycles. The first-order chi connectivity index (χ1) is 5.04.